The molecular weight excluding hydrogens is 827 g/mol. The summed E-state index contributed by atoms with van der Waals surface area (Å²) >= 11 is 0. The zero-order valence-electron chi connectivity index (χ0n) is 45.5. The van der Waals surface area contributed by atoms with Crippen molar-refractivity contribution in [1.82, 2.24) is 14.5 Å². The van der Waals surface area contributed by atoms with Gasteiger partial charge in [-0.05, 0) is 138 Å². The first-order chi connectivity index (χ1) is 32.4. The number of phenolic OH excluding ortho intramolecular Hbond substituents is 1. The van der Waals surface area contributed by atoms with Gasteiger partial charge in [0.1, 0.15) is 11.6 Å². The Labute approximate surface area is 410 Å². The molecule has 0 saturated carbocycles. The Morgan fingerprint density at radius 1 is 0.500 bits per heavy atom. The van der Waals surface area contributed by atoms with Crippen LogP contribution < -0.4 is 0 Å². The molecule has 6 aromatic carbocycles. The maximum atomic E-state index is 12.6. The molecule has 0 aliphatic carbocycles. The number of hydrogen-bond acceptors (Lipinski definition) is 3. The monoisotopic (exact) mass is 902 g/mol. The summed E-state index contributed by atoms with van der Waals surface area (Å²) in [5.41, 5.74) is 16.8. The van der Waals surface area contributed by atoms with E-state index in [1.165, 1.54) is 11.1 Å². The second kappa shape index (κ2) is 17.7. The fourth-order valence-electron chi connectivity index (χ4n) is 9.40. The average Bonchev–Trinajstić information content (AvgIpc) is 3.66. The molecule has 4 heteroatoms. The third-order valence-electron chi connectivity index (χ3n) is 13.5. The third-order valence-corrected chi connectivity index (χ3v) is 13.5. The van der Waals surface area contributed by atoms with E-state index in [9.17, 15) is 6.48 Å². The largest absolute Gasteiger partial charge is 0.507 e. The van der Waals surface area contributed by atoms with Crippen molar-refractivity contribution < 1.29 is 7.85 Å². The smallest absolute Gasteiger partial charge is 0.149 e. The number of benzene rings is 6. The van der Waals surface area contributed by atoms with Gasteiger partial charge in [-0.15, -0.1) is 0 Å². The number of aromatic nitrogens is 3. The number of fused-ring (bicyclic) bond motifs is 1. The summed E-state index contributed by atoms with van der Waals surface area (Å²) in [6.45, 7) is 34.3. The minimum Gasteiger partial charge on any atom is -0.507 e. The second-order valence-electron chi connectivity index (χ2n) is 23.4. The van der Waals surface area contributed by atoms with E-state index in [1.54, 1.807) is 0 Å². The van der Waals surface area contributed by atoms with Crippen molar-refractivity contribution in [2.75, 3.05) is 0 Å². The third kappa shape index (κ3) is 9.44. The van der Waals surface area contributed by atoms with Gasteiger partial charge >= 0.3 is 0 Å². The molecule has 0 aliphatic rings. The van der Waals surface area contributed by atoms with Crippen molar-refractivity contribution in [3.8, 4) is 67.5 Å². The van der Waals surface area contributed by atoms with E-state index >= 15 is 0 Å². The number of phenols is 1. The van der Waals surface area contributed by atoms with Gasteiger partial charge in [0.15, 0.2) is 0 Å². The van der Waals surface area contributed by atoms with E-state index in [-0.39, 0.29) is 27.4 Å². The van der Waals surface area contributed by atoms with Crippen LogP contribution in [0.5, 0.6) is 5.75 Å². The first-order valence-corrected chi connectivity index (χ1v) is 24.3. The molecule has 8 aromatic rings. The highest BCUT2D eigenvalue weighted by Crippen LogP contribution is 2.46. The zero-order chi connectivity index (χ0) is 51.1. The first-order valence-electron chi connectivity index (χ1n) is 25.3. The fourth-order valence-corrected chi connectivity index (χ4v) is 9.40. The van der Waals surface area contributed by atoms with Crippen molar-refractivity contribution in [3.63, 3.8) is 0 Å². The number of rotatable bonds is 8. The average molecular weight is 902 g/mol. The molecule has 0 amide bonds. The second-order valence-corrected chi connectivity index (χ2v) is 23.4. The summed E-state index contributed by atoms with van der Waals surface area (Å²) in [4.78, 5) is 10.6. The van der Waals surface area contributed by atoms with Gasteiger partial charge in [-0.3, -0.25) is 9.55 Å². The van der Waals surface area contributed by atoms with E-state index in [0.29, 0.717) is 11.4 Å². The van der Waals surface area contributed by atoms with Gasteiger partial charge in [0, 0.05) is 31.3 Å². The van der Waals surface area contributed by atoms with Crippen LogP contribution in [0.1, 0.15) is 159 Å². The van der Waals surface area contributed by atoms with Crippen molar-refractivity contribution in [2.24, 2.45) is 0 Å². The van der Waals surface area contributed by atoms with E-state index < -0.39 is 11.8 Å². The van der Waals surface area contributed by atoms with Crippen molar-refractivity contribution in [2.45, 2.75) is 144 Å². The molecular formula is C64H73N3O. The van der Waals surface area contributed by atoms with Gasteiger partial charge in [0.25, 0.3) is 0 Å². The normalized spacial score (nSPS) is 13.5. The standard InChI is InChI=1S/C64H73N3O/c1-39(2)41-24-26-42(27-25-41)43-30-31-65-56(35-43)45-32-44(33-46(34-45)61(5,6)7)49-21-19-23-57-58(49)66-60(53-36-47(62(8,9)10)37-55(59(53)68)64(14,15)16)67(57)48-28-29-50(52(38-48)40(3)4)51-20-17-18-22-54(51)63(11,12)13/h17-40,68H,1-16H3/i39D,40D. The topological polar surface area (TPSA) is 50.9 Å². The molecule has 0 saturated heterocycles. The molecule has 2 aromatic heterocycles. The number of para-hydroxylation sites is 1. The van der Waals surface area contributed by atoms with Gasteiger partial charge in [-0.2, -0.15) is 0 Å². The van der Waals surface area contributed by atoms with Crippen LogP contribution in [0.3, 0.4) is 0 Å². The maximum absolute atomic E-state index is 12.6. The van der Waals surface area contributed by atoms with Gasteiger partial charge in [-0.25, -0.2) is 4.98 Å². The summed E-state index contributed by atoms with van der Waals surface area (Å²) in [6, 6.07) is 45.1. The Bertz CT molecular complexity index is 3260. The Balaban J connectivity index is 1.42. The lowest BCUT2D eigenvalue weighted by atomic mass is 9.79. The molecule has 0 unspecified atom stereocenters. The van der Waals surface area contributed by atoms with Crippen LogP contribution in [0.4, 0.5) is 0 Å². The number of aromatic hydroxyl groups is 1. The number of nitrogens with zero attached hydrogens (tertiary/aromatic N) is 3. The lowest BCUT2D eigenvalue weighted by molar-refractivity contribution is 0.446. The molecule has 68 heavy (non-hydrogen) atoms. The Kier molecular flexibility index (Phi) is 11.8. The van der Waals surface area contributed by atoms with Crippen molar-refractivity contribution in [3.05, 3.63) is 167 Å². The van der Waals surface area contributed by atoms with Crippen LogP contribution in [0.15, 0.2) is 134 Å². The predicted molar refractivity (Wildman–Crippen MR) is 291 cm³/mol. The van der Waals surface area contributed by atoms with Crippen LogP contribution in [0.2, 0.25) is 0 Å². The Morgan fingerprint density at radius 3 is 1.76 bits per heavy atom. The lowest BCUT2D eigenvalue weighted by Crippen LogP contribution is -2.17. The van der Waals surface area contributed by atoms with Gasteiger partial charge in [-0.1, -0.05) is 190 Å². The first kappa shape index (κ1) is 45.5. The van der Waals surface area contributed by atoms with Gasteiger partial charge in [0.05, 0.1) is 22.3 Å². The van der Waals surface area contributed by atoms with Crippen LogP contribution in [0, 0.1) is 0 Å². The summed E-state index contributed by atoms with van der Waals surface area (Å²) in [6.07, 6.45) is 1.88. The molecule has 0 aliphatic heterocycles. The Hall–Kier alpha value is -6.26. The van der Waals surface area contributed by atoms with Gasteiger partial charge < -0.3 is 5.11 Å². The van der Waals surface area contributed by atoms with Crippen molar-refractivity contribution in [1.29, 1.82) is 0 Å². The zero-order valence-corrected chi connectivity index (χ0v) is 43.5. The summed E-state index contributed by atoms with van der Waals surface area (Å²) < 4.78 is 20.4. The highest BCUT2D eigenvalue weighted by Gasteiger charge is 2.30. The lowest BCUT2D eigenvalue weighted by Gasteiger charge is -2.28. The van der Waals surface area contributed by atoms with Crippen LogP contribution in [-0.4, -0.2) is 19.6 Å². The Morgan fingerprint density at radius 2 is 1.13 bits per heavy atom. The van der Waals surface area contributed by atoms with Crippen LogP contribution in [-0.2, 0) is 21.7 Å². The number of pyridine rings is 1. The van der Waals surface area contributed by atoms with Crippen LogP contribution in [0.25, 0.3) is 72.7 Å². The van der Waals surface area contributed by atoms with E-state index in [1.807, 2.05) is 52.1 Å². The molecule has 0 radical (unpaired) electrons. The van der Waals surface area contributed by atoms with Crippen LogP contribution >= 0.6 is 0 Å². The molecule has 8 rings (SSSR count). The van der Waals surface area contributed by atoms with Crippen molar-refractivity contribution >= 4 is 11.0 Å². The van der Waals surface area contributed by atoms with E-state index in [4.69, 9.17) is 11.3 Å². The summed E-state index contributed by atoms with van der Waals surface area (Å²) in [5, 5.41) is 12.6. The highest BCUT2D eigenvalue weighted by molar-refractivity contribution is 5.97. The fraction of sp³-hybridized carbons (Fsp3) is 0.344. The summed E-state index contributed by atoms with van der Waals surface area (Å²) in [7, 11) is 0. The molecule has 0 fully saturated rings. The quantitative estimate of drug-likeness (QED) is 0.165. The molecule has 0 atom stereocenters. The highest BCUT2D eigenvalue weighted by atomic mass is 16.3. The minimum atomic E-state index is -0.955. The minimum absolute atomic E-state index is 0.112. The molecule has 0 bridgehead atoms. The van der Waals surface area contributed by atoms with E-state index in [0.717, 1.165) is 83.6 Å². The maximum Gasteiger partial charge on any atom is 0.149 e. The van der Waals surface area contributed by atoms with Gasteiger partial charge in [0.2, 0.25) is 0 Å². The molecule has 1 N–H and O–H groups in total. The molecule has 350 valence electrons. The van der Waals surface area contributed by atoms with E-state index in [2.05, 4.69) is 197 Å². The molecule has 0 spiro atoms. The predicted octanol–water partition coefficient (Wildman–Crippen LogP) is 17.9. The number of hydrogen-bond donors (Lipinski definition) is 1. The number of imidazole rings is 1. The molecule has 4 nitrogen and oxygen atoms in total. The molecule has 2 heterocycles. The summed E-state index contributed by atoms with van der Waals surface area (Å²) in [5.74, 6) is -0.780. The SMILES string of the molecule is [2H]C(C)(C)c1ccc(-c2ccnc(-c3cc(-c4cccc5c4nc(-c4cc(C(C)(C)C)cc(C(C)(C)C)c4O)n5-c4ccc(-c5ccccc5C(C)(C)C)c(C([2H])(C)C)c4)cc(C(C)(C)C)c3)c2)cc1.